The average molecular weight is 374 g/mol. The first-order valence-corrected chi connectivity index (χ1v) is 7.88. The molecule has 0 aliphatic heterocycles. The highest BCUT2D eigenvalue weighted by Gasteiger charge is 2.16. The van der Waals surface area contributed by atoms with Gasteiger partial charge in [-0.1, -0.05) is 22.0 Å². The zero-order valence-corrected chi connectivity index (χ0v) is 12.8. The van der Waals surface area contributed by atoms with Gasteiger partial charge in [0.05, 0.1) is 16.1 Å². The fraction of sp³-hybridized carbons (Fsp3) is 0. The van der Waals surface area contributed by atoms with Gasteiger partial charge in [0.15, 0.2) is 0 Å². The van der Waals surface area contributed by atoms with Gasteiger partial charge < -0.3 is 5.11 Å². The van der Waals surface area contributed by atoms with Crippen molar-refractivity contribution in [3.63, 3.8) is 0 Å². The van der Waals surface area contributed by atoms with E-state index in [1.54, 1.807) is 12.1 Å². The van der Waals surface area contributed by atoms with Gasteiger partial charge >= 0.3 is 5.97 Å². The van der Waals surface area contributed by atoms with Crippen molar-refractivity contribution >= 4 is 37.6 Å². The predicted molar refractivity (Wildman–Crippen MR) is 78.3 cm³/mol. The molecule has 8 heteroatoms. The van der Waals surface area contributed by atoms with E-state index in [4.69, 9.17) is 5.11 Å². The molecule has 2 aromatic rings. The molecule has 2 N–H and O–H groups in total. The molecule has 110 valence electrons. The Morgan fingerprint density at radius 1 is 1.19 bits per heavy atom. The maximum absolute atomic E-state index is 13.5. The minimum atomic E-state index is -3.88. The molecule has 0 aliphatic rings. The Bertz CT molecular complexity index is 808. The zero-order valence-electron chi connectivity index (χ0n) is 10.4. The first-order chi connectivity index (χ1) is 9.79. The van der Waals surface area contributed by atoms with Crippen LogP contribution in [0.3, 0.4) is 0 Å². The largest absolute Gasteiger partial charge is 0.478 e. The Balaban J connectivity index is 2.33. The molecule has 0 unspecified atom stereocenters. The van der Waals surface area contributed by atoms with Crippen molar-refractivity contribution in [2.75, 3.05) is 4.72 Å². The van der Waals surface area contributed by atoms with E-state index in [1.807, 2.05) is 0 Å². The van der Waals surface area contributed by atoms with Crippen LogP contribution in [0.2, 0.25) is 0 Å². The van der Waals surface area contributed by atoms with Crippen LogP contribution in [0.5, 0.6) is 0 Å². The summed E-state index contributed by atoms with van der Waals surface area (Å²) in [6.07, 6.45) is 0. The summed E-state index contributed by atoms with van der Waals surface area (Å²) in [7, 11) is -3.88. The smallest absolute Gasteiger partial charge is 0.338 e. The number of anilines is 1. The summed E-state index contributed by atoms with van der Waals surface area (Å²) >= 11 is 3.16. The predicted octanol–water partition coefficient (Wildman–Crippen LogP) is 3.09. The lowest BCUT2D eigenvalue weighted by Gasteiger charge is -2.09. The maximum Gasteiger partial charge on any atom is 0.338 e. The Hall–Kier alpha value is -1.93. The van der Waals surface area contributed by atoms with Gasteiger partial charge in [-0.05, 0) is 36.4 Å². The maximum atomic E-state index is 13.5. The van der Waals surface area contributed by atoms with Crippen molar-refractivity contribution < 1.29 is 22.7 Å². The van der Waals surface area contributed by atoms with Crippen molar-refractivity contribution in [3.8, 4) is 0 Å². The van der Waals surface area contributed by atoms with Gasteiger partial charge in [-0.25, -0.2) is 17.6 Å². The quantitative estimate of drug-likeness (QED) is 0.862. The van der Waals surface area contributed by atoms with Crippen LogP contribution in [-0.2, 0) is 10.0 Å². The van der Waals surface area contributed by atoms with Crippen LogP contribution < -0.4 is 4.72 Å². The lowest BCUT2D eigenvalue weighted by atomic mass is 10.2. The number of carbonyl (C=O) groups is 1. The van der Waals surface area contributed by atoms with Gasteiger partial charge in [0.2, 0.25) is 0 Å². The summed E-state index contributed by atoms with van der Waals surface area (Å²) in [5.41, 5.74) is -0.585. The fourth-order valence-corrected chi connectivity index (χ4v) is 3.25. The van der Waals surface area contributed by atoms with E-state index in [-0.39, 0.29) is 10.6 Å². The minimum Gasteiger partial charge on any atom is -0.478 e. The molecule has 2 rings (SSSR count). The van der Waals surface area contributed by atoms with Gasteiger partial charge in [0.1, 0.15) is 5.82 Å². The zero-order chi connectivity index (χ0) is 15.6. The lowest BCUT2D eigenvalue weighted by molar-refractivity contribution is 0.0692. The number of nitrogens with one attached hydrogen (secondary N) is 1. The van der Waals surface area contributed by atoms with Gasteiger partial charge in [-0.2, -0.15) is 0 Å². The molecular formula is C13H9BrFNO4S. The third-order valence-corrected chi connectivity index (χ3v) is 4.43. The van der Waals surface area contributed by atoms with Crippen LogP contribution >= 0.6 is 15.9 Å². The van der Waals surface area contributed by atoms with Crippen molar-refractivity contribution in [2.45, 2.75) is 4.90 Å². The number of rotatable bonds is 4. The SMILES string of the molecule is O=C(O)c1ccc(NS(=O)(=O)c2cccc(Br)c2)cc1F. The van der Waals surface area contributed by atoms with E-state index >= 15 is 0 Å². The Morgan fingerprint density at radius 3 is 2.48 bits per heavy atom. The summed E-state index contributed by atoms with van der Waals surface area (Å²) in [5.74, 6) is -2.44. The van der Waals surface area contributed by atoms with E-state index in [2.05, 4.69) is 20.7 Å². The number of hydrogen-bond acceptors (Lipinski definition) is 3. The number of benzene rings is 2. The lowest BCUT2D eigenvalue weighted by Crippen LogP contribution is -2.13. The molecule has 5 nitrogen and oxygen atoms in total. The molecule has 0 aromatic heterocycles. The molecule has 0 radical (unpaired) electrons. The number of hydrogen-bond donors (Lipinski definition) is 2. The summed E-state index contributed by atoms with van der Waals surface area (Å²) in [6, 6.07) is 8.99. The average Bonchev–Trinajstić information content (AvgIpc) is 2.37. The van der Waals surface area contributed by atoms with Crippen molar-refractivity contribution in [2.24, 2.45) is 0 Å². The summed E-state index contributed by atoms with van der Waals surface area (Å²) in [4.78, 5) is 10.7. The first-order valence-electron chi connectivity index (χ1n) is 5.61. The molecule has 0 amide bonds. The van der Waals surface area contributed by atoms with Gasteiger partial charge in [-0.3, -0.25) is 4.72 Å². The summed E-state index contributed by atoms with van der Waals surface area (Å²) in [6.45, 7) is 0. The molecule has 0 bridgehead atoms. The van der Waals surface area contributed by atoms with E-state index in [0.717, 1.165) is 12.1 Å². The topological polar surface area (TPSA) is 83.5 Å². The number of carboxylic acids is 1. The molecule has 0 atom stereocenters. The van der Waals surface area contributed by atoms with Crippen LogP contribution in [0.25, 0.3) is 0 Å². The number of carboxylic acid groups (broad SMARTS) is 1. The Labute approximate surface area is 128 Å². The normalized spacial score (nSPS) is 11.1. The first kappa shape index (κ1) is 15.5. The second-order valence-electron chi connectivity index (χ2n) is 4.06. The number of sulfonamides is 1. The Morgan fingerprint density at radius 2 is 1.90 bits per heavy atom. The molecule has 0 saturated heterocycles. The monoisotopic (exact) mass is 373 g/mol. The third kappa shape index (κ3) is 3.59. The van der Waals surface area contributed by atoms with Crippen molar-refractivity contribution in [1.29, 1.82) is 0 Å². The highest BCUT2D eigenvalue weighted by atomic mass is 79.9. The Kier molecular flexibility index (Phi) is 4.29. The molecule has 0 saturated carbocycles. The molecule has 0 fully saturated rings. The van der Waals surface area contributed by atoms with E-state index in [0.29, 0.717) is 4.47 Å². The van der Waals surface area contributed by atoms with Gasteiger partial charge in [0, 0.05) is 4.47 Å². The van der Waals surface area contributed by atoms with Crippen molar-refractivity contribution in [1.82, 2.24) is 0 Å². The van der Waals surface area contributed by atoms with Crippen LogP contribution in [0, 0.1) is 5.82 Å². The van der Waals surface area contributed by atoms with E-state index in [9.17, 15) is 17.6 Å². The van der Waals surface area contributed by atoms with Crippen LogP contribution in [-0.4, -0.2) is 19.5 Å². The fourth-order valence-electron chi connectivity index (χ4n) is 1.60. The second kappa shape index (κ2) is 5.82. The second-order valence-corrected chi connectivity index (χ2v) is 6.66. The highest BCUT2D eigenvalue weighted by Crippen LogP contribution is 2.21. The molecular weight excluding hydrogens is 365 g/mol. The summed E-state index contributed by atoms with van der Waals surface area (Å²) < 4.78 is 40.5. The molecule has 21 heavy (non-hydrogen) atoms. The number of aromatic carboxylic acids is 1. The summed E-state index contributed by atoms with van der Waals surface area (Å²) in [5, 5.41) is 8.71. The standard InChI is InChI=1S/C13H9BrFNO4S/c14-8-2-1-3-10(6-8)21(19,20)16-9-4-5-11(13(17)18)12(15)7-9/h1-7,16H,(H,17,18). The molecule has 0 heterocycles. The van der Waals surface area contributed by atoms with Crippen LogP contribution in [0.4, 0.5) is 10.1 Å². The minimum absolute atomic E-state index is 0.000376. The van der Waals surface area contributed by atoms with Gasteiger partial charge in [-0.15, -0.1) is 0 Å². The highest BCUT2D eigenvalue weighted by molar-refractivity contribution is 9.10. The van der Waals surface area contributed by atoms with Crippen molar-refractivity contribution in [3.05, 3.63) is 58.3 Å². The third-order valence-electron chi connectivity index (χ3n) is 2.56. The molecule has 0 spiro atoms. The molecule has 2 aromatic carbocycles. The van der Waals surface area contributed by atoms with E-state index in [1.165, 1.54) is 18.2 Å². The van der Waals surface area contributed by atoms with E-state index < -0.39 is 27.4 Å². The van der Waals surface area contributed by atoms with Gasteiger partial charge in [0.25, 0.3) is 10.0 Å². The van der Waals surface area contributed by atoms with Crippen LogP contribution in [0.1, 0.15) is 10.4 Å². The van der Waals surface area contributed by atoms with Crippen LogP contribution in [0.15, 0.2) is 51.8 Å². The molecule has 0 aliphatic carbocycles. The number of halogens is 2.